The number of hydrogen-bond acceptors (Lipinski definition) is 16. The van der Waals surface area contributed by atoms with E-state index in [0.717, 1.165) is 151 Å². The lowest BCUT2D eigenvalue weighted by Crippen LogP contribution is -2.13. The van der Waals surface area contributed by atoms with Gasteiger partial charge in [0.25, 0.3) is 0 Å². The summed E-state index contributed by atoms with van der Waals surface area (Å²) in [6.45, 7) is 0. The summed E-state index contributed by atoms with van der Waals surface area (Å²) in [7, 11) is 0. The van der Waals surface area contributed by atoms with Crippen LogP contribution in [0.2, 0.25) is 0 Å². The first-order valence-corrected chi connectivity index (χ1v) is 42.0. The predicted octanol–water partition coefficient (Wildman–Crippen LogP) is 26.3. The van der Waals surface area contributed by atoms with Gasteiger partial charge in [0.2, 0.25) is 0 Å². The molecule has 0 saturated heterocycles. The minimum Gasteiger partial charge on any atom is -0.323 e. The van der Waals surface area contributed by atoms with Crippen LogP contribution >= 0.6 is 0 Å². The maximum absolute atomic E-state index is 14.5. The van der Waals surface area contributed by atoms with Gasteiger partial charge in [-0.2, -0.15) is 73.1 Å². The molecule has 36 heteroatoms. The third-order valence-corrected chi connectivity index (χ3v) is 22.7. The molecule has 1 fully saturated rings. The Morgan fingerprint density at radius 1 is 0.282 bits per heavy atom. The minimum atomic E-state index is -4.61. The molecular weight excluding hydrogens is 1730 g/mol. The van der Waals surface area contributed by atoms with Gasteiger partial charge in [0, 0.05) is 96.3 Å². The number of nitrogens with one attached hydrogen (secondary N) is 8. The first-order valence-electron chi connectivity index (χ1n) is 42.0. The fraction of sp³-hybridized carbons (Fsp3) is 0.221. The molecule has 8 heterocycles. The van der Waals surface area contributed by atoms with Gasteiger partial charge in [-0.25, -0.2) is 57.4 Å². The van der Waals surface area contributed by atoms with Crippen LogP contribution in [0.3, 0.4) is 0 Å². The smallest absolute Gasteiger partial charge is 0.323 e. The van der Waals surface area contributed by atoms with Crippen LogP contribution in [0.1, 0.15) is 133 Å². The Morgan fingerprint density at radius 3 is 1.15 bits per heavy atom. The van der Waals surface area contributed by atoms with E-state index in [1.807, 2.05) is 54.6 Å². The molecule has 0 bridgehead atoms. The van der Waals surface area contributed by atoms with Crippen molar-refractivity contribution in [2.45, 2.75) is 133 Å². The van der Waals surface area contributed by atoms with Gasteiger partial charge in [-0.05, 0) is 143 Å². The Balaban J connectivity index is 0.000000122. The van der Waals surface area contributed by atoms with Gasteiger partial charge in [0.15, 0.2) is 52.4 Å². The second-order valence-corrected chi connectivity index (χ2v) is 31.4. The molecule has 0 radical (unpaired) electrons. The van der Waals surface area contributed by atoms with Crippen molar-refractivity contribution in [2.24, 2.45) is 0 Å². The molecule has 17 aromatic rings. The number of fused-ring (bicyclic) bond motifs is 6. The van der Waals surface area contributed by atoms with Crippen LogP contribution in [0.15, 0.2) is 212 Å². The standard InChI is InChI=1S/C24H15F4N5.C24H21F4N5.C24H22F3N5.C23H18F5N5/c25-18-11-5-2-8-15(18)20-13-21(31-23-16-9-3-6-12-19(16)32-33-23)30-22(29-20)14-7-1-4-10-17(14)24(26,27)28;25-18-12-7-10-16-20(18)32-33-23(16)31-22-15-9-3-1-2-4-13-19(15)29-21(30-22)14-8-5-6-11-17(14)24(26,27)28;25-24(26,27)18-12-6-4-10-16(18)22-28-20(15-8-2-1-3-9-15)14-21(29-22)30-23-17-11-5-7-13-19(17)31-32-23;24-12-10-15-19(17(25)11-12)32-33-22(15)31-21-14-7-2-1-3-9-18(14)29-20(30-21)13-6-4-5-8-16(13)23(26,27)28/h1-13H,(H2,29,30,31,32,33);5-8,10-12H,1-4,9,13H2,(H2,29,30,31,32,33);4-7,10-15H,1-3,8-9H2,(H2,28,29,30,31,32);4-6,8,10-11H,1-3,7,9H2,(H2,29,30,31,32,33). The van der Waals surface area contributed by atoms with Gasteiger partial charge in [-0.3, -0.25) is 20.4 Å². The average Bonchev–Trinajstić information content (AvgIpc) is 0.855. The highest BCUT2D eigenvalue weighted by Gasteiger charge is 2.39. The third-order valence-electron chi connectivity index (χ3n) is 22.7. The molecule has 0 spiro atoms. The minimum absolute atomic E-state index is 0.00997. The molecule has 0 atom stereocenters. The maximum atomic E-state index is 14.5. The highest BCUT2D eigenvalue weighted by Crippen LogP contribution is 2.45. The first-order chi connectivity index (χ1) is 63.1. The van der Waals surface area contributed by atoms with Crippen molar-refractivity contribution in [1.29, 1.82) is 0 Å². The molecule has 8 aromatic heterocycles. The van der Waals surface area contributed by atoms with Crippen LogP contribution in [0.25, 0.3) is 100 Å². The Kier molecular flexibility index (Phi) is 25.3. The number of rotatable bonds is 14. The second-order valence-electron chi connectivity index (χ2n) is 31.4. The lowest BCUT2D eigenvalue weighted by Gasteiger charge is -2.22. The summed E-state index contributed by atoms with van der Waals surface area (Å²) in [5.41, 5.74) is 2.31. The molecule has 0 aliphatic heterocycles. The highest BCUT2D eigenvalue weighted by atomic mass is 19.4. The van der Waals surface area contributed by atoms with E-state index in [-0.39, 0.29) is 96.6 Å². The Bertz CT molecular complexity index is 7010. The summed E-state index contributed by atoms with van der Waals surface area (Å²) in [6.07, 6.45) is -3.70. The zero-order chi connectivity index (χ0) is 91.3. The summed E-state index contributed by atoms with van der Waals surface area (Å²) in [5, 5.41) is 42.5. The fourth-order valence-electron chi connectivity index (χ4n) is 16.4. The van der Waals surface area contributed by atoms with Crippen molar-refractivity contribution >= 4 is 90.2 Å². The number of hydrogen-bond donors (Lipinski definition) is 8. The summed E-state index contributed by atoms with van der Waals surface area (Å²) in [4.78, 5) is 35.7. The van der Waals surface area contributed by atoms with E-state index in [2.05, 4.69) is 102 Å². The van der Waals surface area contributed by atoms with Crippen molar-refractivity contribution in [3.8, 4) is 56.8 Å². The van der Waals surface area contributed by atoms with Crippen molar-refractivity contribution in [1.82, 2.24) is 80.7 Å². The summed E-state index contributed by atoms with van der Waals surface area (Å²) >= 11 is 0. The number of alkyl halides is 12. The van der Waals surface area contributed by atoms with Crippen LogP contribution in [0.4, 0.5) is 117 Å². The number of nitrogens with zero attached hydrogens (tertiary/aromatic N) is 12. The van der Waals surface area contributed by atoms with Crippen LogP contribution in [0, 0.1) is 23.3 Å². The molecule has 20 nitrogen and oxygen atoms in total. The second kappa shape index (κ2) is 37.5. The number of H-pyrrole nitrogens is 4. The molecule has 131 heavy (non-hydrogen) atoms. The number of halogens is 16. The number of anilines is 8. The monoisotopic (exact) mass is 1800 g/mol. The topological polar surface area (TPSA) is 266 Å². The number of para-hydroxylation sites is 3. The molecular formula is C95H76F16N20. The first kappa shape index (κ1) is 88.3. The van der Waals surface area contributed by atoms with Crippen molar-refractivity contribution in [3.05, 3.63) is 286 Å². The molecule has 3 aliphatic carbocycles. The van der Waals surface area contributed by atoms with Crippen LogP contribution in [0.5, 0.6) is 0 Å². The zero-order valence-corrected chi connectivity index (χ0v) is 69.0. The lowest BCUT2D eigenvalue weighted by molar-refractivity contribution is -0.137. The molecule has 3 aliphatic rings. The van der Waals surface area contributed by atoms with Gasteiger partial charge in [-0.1, -0.05) is 154 Å². The van der Waals surface area contributed by atoms with Crippen LogP contribution < -0.4 is 21.3 Å². The zero-order valence-electron chi connectivity index (χ0n) is 69.0. The van der Waals surface area contributed by atoms with Gasteiger partial charge >= 0.3 is 24.7 Å². The number of aromatic nitrogens is 16. The molecule has 20 rings (SSSR count). The normalized spacial score (nSPS) is 13.9. The maximum Gasteiger partial charge on any atom is 0.417 e. The van der Waals surface area contributed by atoms with E-state index >= 15 is 0 Å². The van der Waals surface area contributed by atoms with Crippen LogP contribution in [-0.4, -0.2) is 80.7 Å². The Morgan fingerprint density at radius 2 is 0.656 bits per heavy atom. The van der Waals surface area contributed by atoms with Crippen LogP contribution in [-0.2, 0) is 50.4 Å². The van der Waals surface area contributed by atoms with E-state index in [1.165, 1.54) is 97.4 Å². The largest absolute Gasteiger partial charge is 0.417 e. The van der Waals surface area contributed by atoms with E-state index in [9.17, 15) is 70.2 Å². The number of aromatic amines is 4. The summed E-state index contributed by atoms with van der Waals surface area (Å²) < 4.78 is 221. The van der Waals surface area contributed by atoms with Gasteiger partial charge in [-0.15, -0.1) is 0 Å². The Hall–Kier alpha value is -14.7. The SMILES string of the molecule is FC(F)(F)c1ccccc1-c1nc(Nc2n[nH]c3ccccc23)cc(C2CCCCC2)n1.Fc1cc(F)c2[nH]nc(Nc3nc(-c4ccccc4C(F)(F)F)nc4c3CCCCC4)c2c1.Fc1cccc2c(Nc3nc(-c4ccccc4C(F)(F)F)nc4c3CCCCCC4)n[nH]c12.Fc1ccccc1-c1cc(Nc2n[nH]c3ccccc23)nc(-c2ccccc2C(F)(F)F)n1. The number of benzene rings is 9. The molecule has 1 saturated carbocycles. The van der Waals surface area contributed by atoms with Gasteiger partial charge in [0.05, 0.1) is 44.4 Å². The fourth-order valence-corrected chi connectivity index (χ4v) is 16.4. The highest BCUT2D eigenvalue weighted by molar-refractivity contribution is 5.95. The quantitative estimate of drug-likeness (QED) is 0.0371. The molecule has 0 unspecified atom stereocenters. The third kappa shape index (κ3) is 19.8. The molecule has 8 N–H and O–H groups in total. The van der Waals surface area contributed by atoms with Crippen molar-refractivity contribution in [2.75, 3.05) is 21.3 Å². The molecule has 0 amide bonds. The van der Waals surface area contributed by atoms with Crippen molar-refractivity contribution < 1.29 is 70.2 Å². The van der Waals surface area contributed by atoms with E-state index < -0.39 is 70.2 Å². The molecule has 668 valence electrons. The predicted molar refractivity (Wildman–Crippen MR) is 466 cm³/mol. The summed E-state index contributed by atoms with van der Waals surface area (Å²) in [5.74, 6) is 0.268. The number of aryl methyl sites for hydroxylation is 2. The van der Waals surface area contributed by atoms with E-state index in [1.54, 1.807) is 30.3 Å². The van der Waals surface area contributed by atoms with Crippen molar-refractivity contribution in [3.63, 3.8) is 0 Å². The molecule has 9 aromatic carbocycles. The van der Waals surface area contributed by atoms with Gasteiger partial charge in [0.1, 0.15) is 51.8 Å². The summed E-state index contributed by atoms with van der Waals surface area (Å²) in [6, 6.07) is 51.6. The average molecular weight is 1800 g/mol. The van der Waals surface area contributed by atoms with E-state index in [0.29, 0.717) is 65.9 Å². The lowest BCUT2D eigenvalue weighted by atomic mass is 9.86. The van der Waals surface area contributed by atoms with E-state index in [4.69, 9.17) is 0 Å². The van der Waals surface area contributed by atoms with Gasteiger partial charge < -0.3 is 21.3 Å². The Labute approximate surface area is 735 Å².